The van der Waals surface area contributed by atoms with Gasteiger partial charge in [0, 0.05) is 27.8 Å². The number of anilines is 3. The maximum atomic E-state index is 2.50. The van der Waals surface area contributed by atoms with Crippen LogP contribution in [0.4, 0.5) is 17.1 Å². The van der Waals surface area contributed by atoms with Gasteiger partial charge in [-0.25, -0.2) is 0 Å². The van der Waals surface area contributed by atoms with Gasteiger partial charge in [-0.1, -0.05) is 237 Å². The number of fused-ring (bicyclic) bond motifs is 7. The first kappa shape index (κ1) is 45.4. The second kappa shape index (κ2) is 16.7. The maximum Gasteiger partial charge on any atom is 0.0540 e. The van der Waals surface area contributed by atoms with Gasteiger partial charge >= 0.3 is 0 Å². The summed E-state index contributed by atoms with van der Waals surface area (Å²) in [6.07, 6.45) is 0. The zero-order chi connectivity index (χ0) is 49.7. The van der Waals surface area contributed by atoms with Crippen LogP contribution < -0.4 is 4.90 Å². The fourth-order valence-electron chi connectivity index (χ4n) is 12.2. The summed E-state index contributed by atoms with van der Waals surface area (Å²) >= 11 is 0. The van der Waals surface area contributed by atoms with Gasteiger partial charge in [-0.3, -0.25) is 0 Å². The topological polar surface area (TPSA) is 3.24 Å². The SMILES string of the molecule is CC(C)(C)c1cc(-c2cccc3cccc(-c4ccccc4N(c4ccc(-c5ccc6c(c5)C(C)(c5ccccc5)c5ccccc5-6)cc4)c4ccc5c(c4)C(C)(C)c4ccccc4-5)c23)cc(C(C)(C)C)c1. The summed E-state index contributed by atoms with van der Waals surface area (Å²) in [7, 11) is 0. The molecule has 1 unspecified atom stereocenters. The Morgan fingerprint density at radius 3 is 1.53 bits per heavy atom. The lowest BCUT2D eigenvalue weighted by Crippen LogP contribution is -2.22. The van der Waals surface area contributed by atoms with Crippen molar-refractivity contribution >= 4 is 27.8 Å². The molecule has 1 heteroatoms. The first-order valence-corrected chi connectivity index (χ1v) is 25.8. The van der Waals surface area contributed by atoms with Crippen LogP contribution in [0.15, 0.2) is 218 Å². The second-order valence-electron chi connectivity index (χ2n) is 23.1. The minimum Gasteiger partial charge on any atom is -0.310 e. The molecule has 2 aliphatic rings. The number of benzene rings is 10. The fraction of sp³-hybridized carbons (Fsp3) is 0.183. The lowest BCUT2D eigenvalue weighted by Gasteiger charge is -2.30. The lowest BCUT2D eigenvalue weighted by atomic mass is 9.74. The molecule has 0 aromatic heterocycles. The normalized spacial score (nSPS) is 15.5. The Balaban J connectivity index is 1.03. The van der Waals surface area contributed by atoms with Gasteiger partial charge in [-0.15, -0.1) is 0 Å². The Morgan fingerprint density at radius 1 is 0.333 bits per heavy atom. The smallest absolute Gasteiger partial charge is 0.0540 e. The van der Waals surface area contributed by atoms with Crippen molar-refractivity contribution < 1.29 is 0 Å². The van der Waals surface area contributed by atoms with Crippen LogP contribution in [0, 0.1) is 0 Å². The van der Waals surface area contributed by atoms with E-state index >= 15 is 0 Å². The monoisotopic (exact) mass is 929 g/mol. The molecule has 1 atom stereocenters. The third-order valence-electron chi connectivity index (χ3n) is 16.3. The molecule has 0 aliphatic heterocycles. The molecule has 10 aromatic rings. The van der Waals surface area contributed by atoms with E-state index in [0.29, 0.717) is 0 Å². The minimum absolute atomic E-state index is 0.00693. The van der Waals surface area contributed by atoms with E-state index in [-0.39, 0.29) is 21.7 Å². The highest BCUT2D eigenvalue weighted by Crippen LogP contribution is 2.55. The third kappa shape index (κ3) is 7.27. The molecule has 0 fully saturated rings. The molecule has 0 bridgehead atoms. The van der Waals surface area contributed by atoms with Crippen molar-refractivity contribution in [3.8, 4) is 55.6 Å². The molecule has 352 valence electrons. The van der Waals surface area contributed by atoms with Crippen molar-refractivity contribution in [1.82, 2.24) is 0 Å². The lowest BCUT2D eigenvalue weighted by molar-refractivity contribution is 0.569. The quantitative estimate of drug-likeness (QED) is 0.154. The van der Waals surface area contributed by atoms with Crippen LogP contribution in [0.2, 0.25) is 0 Å². The van der Waals surface area contributed by atoms with Gasteiger partial charge in [0.1, 0.15) is 0 Å². The molecule has 10 aromatic carbocycles. The van der Waals surface area contributed by atoms with Gasteiger partial charge in [0.2, 0.25) is 0 Å². The first-order valence-electron chi connectivity index (χ1n) is 25.8. The van der Waals surface area contributed by atoms with Gasteiger partial charge in [0.15, 0.2) is 0 Å². The van der Waals surface area contributed by atoms with Crippen molar-refractivity contribution in [2.45, 2.75) is 84.0 Å². The van der Waals surface area contributed by atoms with E-state index in [2.05, 4.69) is 286 Å². The first-order chi connectivity index (χ1) is 34.6. The van der Waals surface area contributed by atoms with Gasteiger partial charge in [0.25, 0.3) is 0 Å². The van der Waals surface area contributed by atoms with Crippen LogP contribution in [-0.4, -0.2) is 0 Å². The van der Waals surface area contributed by atoms with Crippen molar-refractivity contribution in [2.75, 3.05) is 4.90 Å². The molecular weight excluding hydrogens is 867 g/mol. The van der Waals surface area contributed by atoms with Gasteiger partial charge < -0.3 is 4.90 Å². The van der Waals surface area contributed by atoms with Gasteiger partial charge in [-0.2, -0.15) is 0 Å². The van der Waals surface area contributed by atoms with Crippen LogP contribution in [0.25, 0.3) is 66.4 Å². The molecule has 1 nitrogen and oxygen atoms in total. The van der Waals surface area contributed by atoms with E-state index in [4.69, 9.17) is 0 Å². The number of rotatable bonds is 7. The van der Waals surface area contributed by atoms with Crippen molar-refractivity contribution in [3.63, 3.8) is 0 Å². The van der Waals surface area contributed by atoms with E-state index in [1.54, 1.807) is 0 Å². The third-order valence-corrected chi connectivity index (χ3v) is 16.3. The Kier molecular flexibility index (Phi) is 10.5. The average molecular weight is 930 g/mol. The standard InChI is InChI=1S/C71H63N/c1-68(2,3)51-41-49(42-52(44-51)69(4,5)6)55-28-19-21-47-22-20-29-61(67(47)55)60-27-15-18-32-66(60)72(54-38-40-58-56-25-13-16-30-62(56)70(7,8)64(58)45-54)53-36-33-46(34-37-53)48-35-39-59-57-26-14-17-31-63(57)71(9,65(59)43-48)50-23-11-10-12-24-50/h10-45H,1-9H3. The molecule has 0 saturated heterocycles. The number of hydrogen-bond acceptors (Lipinski definition) is 1. The Labute approximate surface area is 427 Å². The largest absolute Gasteiger partial charge is 0.310 e. The molecule has 0 radical (unpaired) electrons. The van der Waals surface area contributed by atoms with E-state index in [1.807, 2.05) is 0 Å². The Hall–Kier alpha value is -7.74. The summed E-state index contributed by atoms with van der Waals surface area (Å²) in [5.41, 5.74) is 25.0. The van der Waals surface area contributed by atoms with Crippen molar-refractivity contribution in [3.05, 3.63) is 257 Å². The molecule has 0 heterocycles. The van der Waals surface area contributed by atoms with E-state index < -0.39 is 0 Å². The van der Waals surface area contributed by atoms with Crippen LogP contribution in [0.3, 0.4) is 0 Å². The maximum absolute atomic E-state index is 2.50. The summed E-state index contributed by atoms with van der Waals surface area (Å²) in [6, 6.07) is 82.5. The molecule has 12 rings (SSSR count). The summed E-state index contributed by atoms with van der Waals surface area (Å²) in [4.78, 5) is 2.50. The zero-order valence-corrected chi connectivity index (χ0v) is 43.2. The molecule has 0 saturated carbocycles. The molecule has 2 aliphatic carbocycles. The zero-order valence-electron chi connectivity index (χ0n) is 43.2. The minimum atomic E-state index is -0.267. The predicted molar refractivity (Wildman–Crippen MR) is 307 cm³/mol. The highest BCUT2D eigenvalue weighted by Gasteiger charge is 2.41. The fourth-order valence-corrected chi connectivity index (χ4v) is 12.2. The van der Waals surface area contributed by atoms with Crippen LogP contribution in [-0.2, 0) is 21.7 Å². The molecule has 0 N–H and O–H groups in total. The molecule has 0 spiro atoms. The van der Waals surface area contributed by atoms with Gasteiger partial charge in [0.05, 0.1) is 5.69 Å². The average Bonchev–Trinajstić information content (AvgIpc) is 3.79. The molecular formula is C71H63N. The number of nitrogens with zero attached hydrogens (tertiary/aromatic N) is 1. The molecule has 72 heavy (non-hydrogen) atoms. The Bertz CT molecular complexity index is 3710. The van der Waals surface area contributed by atoms with Crippen molar-refractivity contribution in [1.29, 1.82) is 0 Å². The van der Waals surface area contributed by atoms with Crippen LogP contribution >= 0.6 is 0 Å². The second-order valence-corrected chi connectivity index (χ2v) is 23.1. The van der Waals surface area contributed by atoms with Crippen molar-refractivity contribution in [2.24, 2.45) is 0 Å². The highest BCUT2D eigenvalue weighted by atomic mass is 15.1. The van der Waals surface area contributed by atoms with E-state index in [1.165, 1.54) is 105 Å². The summed E-state index contributed by atoms with van der Waals surface area (Å²) in [6.45, 7) is 21.1. The van der Waals surface area contributed by atoms with E-state index in [0.717, 1.165) is 17.1 Å². The highest BCUT2D eigenvalue weighted by molar-refractivity contribution is 6.09. The predicted octanol–water partition coefficient (Wildman–Crippen LogP) is 19.5. The number of para-hydroxylation sites is 1. The number of hydrogen-bond donors (Lipinski definition) is 0. The van der Waals surface area contributed by atoms with Crippen LogP contribution in [0.1, 0.15) is 101 Å². The van der Waals surface area contributed by atoms with Crippen LogP contribution in [0.5, 0.6) is 0 Å². The molecule has 0 amide bonds. The summed E-state index contributed by atoms with van der Waals surface area (Å²) in [5, 5.41) is 2.49. The summed E-state index contributed by atoms with van der Waals surface area (Å²) < 4.78 is 0. The Morgan fingerprint density at radius 2 is 0.847 bits per heavy atom. The van der Waals surface area contributed by atoms with E-state index in [9.17, 15) is 0 Å². The summed E-state index contributed by atoms with van der Waals surface area (Å²) in [5.74, 6) is 0. The van der Waals surface area contributed by atoms with Gasteiger partial charge in [-0.05, 0) is 154 Å².